The maximum absolute atomic E-state index is 13.0. The Morgan fingerprint density at radius 2 is 1.62 bits per heavy atom. The van der Waals surface area contributed by atoms with Crippen LogP contribution in [0.3, 0.4) is 0 Å². The van der Waals surface area contributed by atoms with Crippen LogP contribution in [0.4, 0.5) is 5.69 Å². The molecule has 4 aromatic rings. The van der Waals surface area contributed by atoms with Crippen molar-refractivity contribution < 1.29 is 28.7 Å². The third-order valence-electron chi connectivity index (χ3n) is 5.61. The summed E-state index contributed by atoms with van der Waals surface area (Å²) in [7, 11) is 1.55. The van der Waals surface area contributed by atoms with E-state index in [0.717, 1.165) is 5.39 Å². The van der Waals surface area contributed by atoms with E-state index in [1.165, 1.54) is 6.07 Å². The SMILES string of the molecule is COc1ccc2cc(C(=O)OCC(=O)Nc3cccc4c3C(=O)c3ccccc3C4=O)[nH]c2c1. The highest BCUT2D eigenvalue weighted by molar-refractivity contribution is 6.30. The van der Waals surface area contributed by atoms with Gasteiger partial charge in [0.1, 0.15) is 11.4 Å². The van der Waals surface area contributed by atoms with E-state index in [-0.39, 0.29) is 39.6 Å². The minimum absolute atomic E-state index is 0.121. The summed E-state index contributed by atoms with van der Waals surface area (Å²) in [5.41, 5.74) is 2.00. The third-order valence-corrected chi connectivity index (χ3v) is 5.61. The topological polar surface area (TPSA) is 115 Å². The Kier molecular flexibility index (Phi) is 5.18. The number of ether oxygens (including phenoxy) is 2. The van der Waals surface area contributed by atoms with Crippen LogP contribution < -0.4 is 10.1 Å². The first-order valence-electron chi connectivity index (χ1n) is 10.4. The molecule has 3 aromatic carbocycles. The van der Waals surface area contributed by atoms with Crippen molar-refractivity contribution in [2.45, 2.75) is 0 Å². The van der Waals surface area contributed by atoms with Gasteiger partial charge in [0, 0.05) is 33.7 Å². The lowest BCUT2D eigenvalue weighted by Crippen LogP contribution is -2.26. The Morgan fingerprint density at radius 3 is 2.38 bits per heavy atom. The van der Waals surface area contributed by atoms with Crippen molar-refractivity contribution in [2.75, 3.05) is 19.0 Å². The first-order valence-corrected chi connectivity index (χ1v) is 10.4. The number of anilines is 1. The van der Waals surface area contributed by atoms with Gasteiger partial charge < -0.3 is 19.8 Å². The van der Waals surface area contributed by atoms with Crippen molar-refractivity contribution in [1.29, 1.82) is 0 Å². The molecule has 34 heavy (non-hydrogen) atoms. The van der Waals surface area contributed by atoms with Crippen molar-refractivity contribution in [1.82, 2.24) is 4.98 Å². The zero-order valence-corrected chi connectivity index (χ0v) is 18.0. The van der Waals surface area contributed by atoms with Gasteiger partial charge in [0.2, 0.25) is 0 Å². The molecule has 0 fully saturated rings. The molecule has 0 radical (unpaired) electrons. The van der Waals surface area contributed by atoms with Crippen LogP contribution in [0.15, 0.2) is 66.7 Å². The van der Waals surface area contributed by atoms with E-state index in [9.17, 15) is 19.2 Å². The van der Waals surface area contributed by atoms with Crippen LogP contribution in [-0.4, -0.2) is 42.1 Å². The molecule has 0 atom stereocenters. The number of carbonyl (C=O) groups is 4. The summed E-state index contributed by atoms with van der Waals surface area (Å²) in [5.74, 6) is -1.36. The molecule has 1 aliphatic rings. The van der Waals surface area contributed by atoms with E-state index >= 15 is 0 Å². The molecule has 0 bridgehead atoms. The molecule has 0 spiro atoms. The quantitative estimate of drug-likeness (QED) is 0.391. The van der Waals surface area contributed by atoms with Gasteiger partial charge in [-0.25, -0.2) is 4.79 Å². The second kappa shape index (κ2) is 8.32. The van der Waals surface area contributed by atoms with E-state index < -0.39 is 18.5 Å². The number of amides is 1. The molecular weight excluding hydrogens is 436 g/mol. The molecule has 5 rings (SSSR count). The lowest BCUT2D eigenvalue weighted by molar-refractivity contribution is -0.119. The smallest absolute Gasteiger partial charge is 0.355 e. The lowest BCUT2D eigenvalue weighted by Gasteiger charge is -2.20. The third kappa shape index (κ3) is 3.61. The summed E-state index contributed by atoms with van der Waals surface area (Å²) in [6, 6.07) is 18.1. The largest absolute Gasteiger partial charge is 0.497 e. The van der Waals surface area contributed by atoms with E-state index in [2.05, 4.69) is 10.3 Å². The van der Waals surface area contributed by atoms with E-state index in [1.54, 1.807) is 67.8 Å². The fourth-order valence-electron chi connectivity index (χ4n) is 3.99. The zero-order valence-electron chi connectivity index (χ0n) is 18.0. The minimum atomic E-state index is -0.708. The Morgan fingerprint density at radius 1 is 0.882 bits per heavy atom. The molecule has 1 aliphatic carbocycles. The van der Waals surface area contributed by atoms with Crippen molar-refractivity contribution in [3.63, 3.8) is 0 Å². The molecule has 2 N–H and O–H groups in total. The average Bonchev–Trinajstić information content (AvgIpc) is 3.29. The molecule has 0 saturated carbocycles. The number of hydrogen-bond donors (Lipinski definition) is 2. The average molecular weight is 454 g/mol. The van der Waals surface area contributed by atoms with Crippen LogP contribution in [-0.2, 0) is 9.53 Å². The number of benzene rings is 3. The van der Waals surface area contributed by atoms with Crippen LogP contribution in [0.2, 0.25) is 0 Å². The van der Waals surface area contributed by atoms with Crippen molar-refractivity contribution in [3.8, 4) is 5.75 Å². The highest BCUT2D eigenvalue weighted by atomic mass is 16.5. The Labute approximate surface area is 193 Å². The number of rotatable bonds is 5. The van der Waals surface area contributed by atoms with Crippen LogP contribution in [0.5, 0.6) is 5.75 Å². The molecule has 1 heterocycles. The van der Waals surface area contributed by atoms with E-state index in [1.807, 2.05) is 0 Å². The summed E-state index contributed by atoms with van der Waals surface area (Å²) in [6.45, 7) is -0.570. The second-order valence-corrected chi connectivity index (χ2v) is 7.69. The number of aromatic amines is 1. The van der Waals surface area contributed by atoms with Gasteiger partial charge in [0.15, 0.2) is 18.2 Å². The van der Waals surface area contributed by atoms with Gasteiger partial charge in [-0.05, 0) is 24.3 Å². The van der Waals surface area contributed by atoms with Gasteiger partial charge >= 0.3 is 5.97 Å². The van der Waals surface area contributed by atoms with E-state index in [0.29, 0.717) is 16.8 Å². The summed E-state index contributed by atoms with van der Waals surface area (Å²) in [6.07, 6.45) is 0. The zero-order chi connectivity index (χ0) is 23.8. The molecule has 8 heteroatoms. The maximum Gasteiger partial charge on any atom is 0.355 e. The number of ketones is 2. The summed E-state index contributed by atoms with van der Waals surface area (Å²) in [4.78, 5) is 53.7. The van der Waals surface area contributed by atoms with E-state index in [4.69, 9.17) is 9.47 Å². The Bertz CT molecular complexity index is 1500. The number of carbonyl (C=O) groups excluding carboxylic acids is 4. The molecular formula is C26H18N2O6. The highest BCUT2D eigenvalue weighted by Crippen LogP contribution is 2.32. The van der Waals surface area contributed by atoms with Crippen LogP contribution in [0.1, 0.15) is 42.3 Å². The van der Waals surface area contributed by atoms with Gasteiger partial charge in [0.05, 0.1) is 18.4 Å². The van der Waals surface area contributed by atoms with Crippen LogP contribution in [0.25, 0.3) is 10.9 Å². The molecule has 0 saturated heterocycles. The number of aromatic nitrogens is 1. The van der Waals surface area contributed by atoms with Crippen LogP contribution >= 0.6 is 0 Å². The number of nitrogens with one attached hydrogen (secondary N) is 2. The summed E-state index contributed by atoms with van der Waals surface area (Å²) in [5, 5.41) is 3.37. The standard InChI is InChI=1S/C26H18N2O6/c1-33-15-10-9-14-11-21(27-20(14)12-15)26(32)34-13-22(29)28-19-8-4-7-18-23(19)25(31)17-6-3-2-5-16(17)24(18)30/h2-12,27H,13H2,1H3,(H,28,29). The van der Waals surface area contributed by atoms with Gasteiger partial charge in [-0.15, -0.1) is 0 Å². The Balaban J connectivity index is 1.31. The fraction of sp³-hybridized carbons (Fsp3) is 0.0769. The normalized spacial score (nSPS) is 12.1. The fourth-order valence-corrected chi connectivity index (χ4v) is 3.99. The number of hydrogen-bond acceptors (Lipinski definition) is 6. The molecule has 1 amide bonds. The number of fused-ring (bicyclic) bond motifs is 3. The van der Waals surface area contributed by atoms with Crippen molar-refractivity contribution >= 4 is 40.0 Å². The van der Waals surface area contributed by atoms with Gasteiger partial charge in [-0.1, -0.05) is 36.4 Å². The summed E-state index contributed by atoms with van der Waals surface area (Å²) < 4.78 is 10.3. The first kappa shape index (κ1) is 21.1. The highest BCUT2D eigenvalue weighted by Gasteiger charge is 2.31. The first-order chi connectivity index (χ1) is 16.5. The van der Waals surface area contributed by atoms with Crippen LogP contribution in [0, 0.1) is 0 Å². The maximum atomic E-state index is 13.0. The molecule has 1 aromatic heterocycles. The predicted octanol–water partition coefficient (Wildman–Crippen LogP) is 3.75. The lowest BCUT2D eigenvalue weighted by atomic mass is 9.83. The molecule has 0 aliphatic heterocycles. The van der Waals surface area contributed by atoms with Gasteiger partial charge in [-0.3, -0.25) is 14.4 Å². The van der Waals surface area contributed by atoms with Gasteiger partial charge in [-0.2, -0.15) is 0 Å². The minimum Gasteiger partial charge on any atom is -0.497 e. The second-order valence-electron chi connectivity index (χ2n) is 7.69. The number of methoxy groups -OCH3 is 1. The predicted molar refractivity (Wildman–Crippen MR) is 124 cm³/mol. The van der Waals surface area contributed by atoms with Crippen molar-refractivity contribution in [2.24, 2.45) is 0 Å². The molecule has 8 nitrogen and oxygen atoms in total. The molecule has 0 unspecified atom stereocenters. The Hall–Kier alpha value is -4.72. The monoisotopic (exact) mass is 454 g/mol. The summed E-state index contributed by atoms with van der Waals surface area (Å²) >= 11 is 0. The number of esters is 1. The van der Waals surface area contributed by atoms with Gasteiger partial charge in [0.25, 0.3) is 5.91 Å². The number of H-pyrrole nitrogens is 1. The molecule has 168 valence electrons. The van der Waals surface area contributed by atoms with Crippen molar-refractivity contribution in [3.05, 3.63) is 94.7 Å².